The molecule has 1 fully saturated rings. The molecule has 1 heterocycles. The molecule has 0 radical (unpaired) electrons. The lowest BCUT2D eigenvalue weighted by Gasteiger charge is -2.30. The number of carbonyl (C=O) groups excluding carboxylic acids is 1. The number of hydroxylamine groups is 1. The molecule has 1 aliphatic heterocycles. The number of aryl methyl sites for hydroxylation is 1. The molecule has 0 aromatic heterocycles. The number of rotatable bonds is 8. The van der Waals surface area contributed by atoms with Crippen molar-refractivity contribution >= 4 is 5.91 Å². The molecule has 1 aliphatic rings. The first-order chi connectivity index (χ1) is 11.5. The summed E-state index contributed by atoms with van der Waals surface area (Å²) in [5.41, 5.74) is 4.61. The Bertz CT molecular complexity index is 508. The van der Waals surface area contributed by atoms with Crippen LogP contribution in [0.1, 0.15) is 63.5 Å². The molecule has 2 unspecified atom stereocenters. The number of carbonyl (C=O) groups is 1. The predicted molar refractivity (Wildman–Crippen MR) is 95.3 cm³/mol. The molecule has 1 aromatic carbocycles. The standard InChI is InChI=1S/C20H31NO3/c1-4-5-13-20(3,15-17-11-9-16(2)10-12-17)19(22)21-24-18-8-6-7-14-23-18/h9-12,18H,4-8,13-15H2,1-3H3,(H,21,22). The Hall–Kier alpha value is -1.39. The molecule has 134 valence electrons. The molecule has 1 saturated heterocycles. The monoisotopic (exact) mass is 333 g/mol. The predicted octanol–water partition coefficient (Wildman–Crippen LogP) is 4.31. The van der Waals surface area contributed by atoms with Gasteiger partial charge in [0.2, 0.25) is 5.91 Å². The van der Waals surface area contributed by atoms with E-state index in [4.69, 9.17) is 9.57 Å². The summed E-state index contributed by atoms with van der Waals surface area (Å²) in [6, 6.07) is 8.41. The van der Waals surface area contributed by atoms with Crippen LogP contribution in [-0.2, 0) is 20.8 Å². The number of ether oxygens (including phenoxy) is 1. The number of nitrogens with one attached hydrogen (secondary N) is 1. The highest BCUT2D eigenvalue weighted by atomic mass is 16.8. The smallest absolute Gasteiger partial charge is 0.249 e. The molecule has 1 amide bonds. The van der Waals surface area contributed by atoms with Crippen LogP contribution in [0.15, 0.2) is 24.3 Å². The van der Waals surface area contributed by atoms with Crippen molar-refractivity contribution in [3.8, 4) is 0 Å². The first-order valence-corrected chi connectivity index (χ1v) is 9.17. The molecule has 4 nitrogen and oxygen atoms in total. The summed E-state index contributed by atoms with van der Waals surface area (Å²) < 4.78 is 5.52. The van der Waals surface area contributed by atoms with E-state index in [0.29, 0.717) is 13.0 Å². The van der Waals surface area contributed by atoms with E-state index in [1.807, 2.05) is 6.92 Å². The van der Waals surface area contributed by atoms with Gasteiger partial charge in [-0.3, -0.25) is 4.79 Å². The summed E-state index contributed by atoms with van der Waals surface area (Å²) in [4.78, 5) is 18.3. The lowest BCUT2D eigenvalue weighted by molar-refractivity contribution is -0.204. The number of hydrogen-bond donors (Lipinski definition) is 1. The first-order valence-electron chi connectivity index (χ1n) is 9.17. The Morgan fingerprint density at radius 3 is 2.71 bits per heavy atom. The average Bonchev–Trinajstić information content (AvgIpc) is 2.61. The fourth-order valence-electron chi connectivity index (χ4n) is 3.05. The molecule has 1 aromatic rings. The van der Waals surface area contributed by atoms with E-state index < -0.39 is 5.41 Å². The van der Waals surface area contributed by atoms with Gasteiger partial charge in [-0.15, -0.1) is 0 Å². The number of hydrogen-bond acceptors (Lipinski definition) is 3. The summed E-state index contributed by atoms with van der Waals surface area (Å²) >= 11 is 0. The fraction of sp³-hybridized carbons (Fsp3) is 0.650. The maximum absolute atomic E-state index is 12.8. The van der Waals surface area contributed by atoms with Crippen molar-refractivity contribution in [3.05, 3.63) is 35.4 Å². The lowest BCUT2D eigenvalue weighted by Crippen LogP contribution is -2.43. The van der Waals surface area contributed by atoms with Gasteiger partial charge in [0.1, 0.15) is 0 Å². The molecule has 2 atom stereocenters. The van der Waals surface area contributed by atoms with Gasteiger partial charge in [0, 0.05) is 13.0 Å². The van der Waals surface area contributed by atoms with Crippen LogP contribution in [0.4, 0.5) is 0 Å². The number of benzene rings is 1. The molecule has 0 bridgehead atoms. The van der Waals surface area contributed by atoms with Gasteiger partial charge in [-0.1, -0.05) is 56.5 Å². The highest BCUT2D eigenvalue weighted by Gasteiger charge is 2.33. The van der Waals surface area contributed by atoms with Crippen LogP contribution in [-0.4, -0.2) is 18.8 Å². The van der Waals surface area contributed by atoms with E-state index in [9.17, 15) is 4.79 Å². The molecule has 0 saturated carbocycles. The molecular weight excluding hydrogens is 302 g/mol. The van der Waals surface area contributed by atoms with Crippen LogP contribution in [0.2, 0.25) is 0 Å². The van der Waals surface area contributed by atoms with Crippen LogP contribution >= 0.6 is 0 Å². The van der Waals surface area contributed by atoms with Gasteiger partial charge in [-0.05, 0) is 38.2 Å². The van der Waals surface area contributed by atoms with Gasteiger partial charge in [0.15, 0.2) is 6.29 Å². The highest BCUT2D eigenvalue weighted by molar-refractivity contribution is 5.81. The zero-order valence-electron chi connectivity index (χ0n) is 15.3. The Morgan fingerprint density at radius 2 is 2.08 bits per heavy atom. The van der Waals surface area contributed by atoms with Gasteiger partial charge < -0.3 is 4.74 Å². The summed E-state index contributed by atoms with van der Waals surface area (Å²) in [7, 11) is 0. The van der Waals surface area contributed by atoms with E-state index in [-0.39, 0.29) is 12.2 Å². The molecular formula is C20H31NO3. The van der Waals surface area contributed by atoms with Crippen LogP contribution in [0.3, 0.4) is 0 Å². The number of unbranched alkanes of at least 4 members (excludes halogenated alkanes) is 1. The maximum Gasteiger partial charge on any atom is 0.249 e. The van der Waals surface area contributed by atoms with Crippen molar-refractivity contribution in [3.63, 3.8) is 0 Å². The van der Waals surface area contributed by atoms with Crippen LogP contribution < -0.4 is 5.48 Å². The van der Waals surface area contributed by atoms with Crippen molar-refractivity contribution in [1.82, 2.24) is 5.48 Å². The van der Waals surface area contributed by atoms with Gasteiger partial charge >= 0.3 is 0 Å². The Balaban J connectivity index is 1.98. The summed E-state index contributed by atoms with van der Waals surface area (Å²) in [6.07, 6.45) is 6.33. The van der Waals surface area contributed by atoms with Crippen molar-refractivity contribution in [2.45, 2.75) is 72.0 Å². The topological polar surface area (TPSA) is 47.6 Å². The molecule has 4 heteroatoms. The second-order valence-corrected chi connectivity index (χ2v) is 7.17. The quantitative estimate of drug-likeness (QED) is 0.721. The largest absolute Gasteiger partial charge is 0.350 e. The van der Waals surface area contributed by atoms with Crippen LogP contribution in [0.5, 0.6) is 0 Å². The van der Waals surface area contributed by atoms with Crippen molar-refractivity contribution in [2.75, 3.05) is 6.61 Å². The van der Waals surface area contributed by atoms with Gasteiger partial charge in [0.25, 0.3) is 0 Å². The van der Waals surface area contributed by atoms with Crippen LogP contribution in [0.25, 0.3) is 0 Å². The lowest BCUT2D eigenvalue weighted by atomic mass is 9.78. The Kier molecular flexibility index (Phi) is 7.25. The van der Waals surface area contributed by atoms with E-state index in [0.717, 1.165) is 38.5 Å². The SMILES string of the molecule is CCCCC(C)(Cc1ccc(C)cc1)C(=O)NOC1CCCCO1. The van der Waals surface area contributed by atoms with E-state index in [1.54, 1.807) is 0 Å². The first kappa shape index (κ1) is 18.9. The summed E-state index contributed by atoms with van der Waals surface area (Å²) in [6.45, 7) is 6.96. The minimum atomic E-state index is -0.472. The molecule has 1 N–H and O–H groups in total. The van der Waals surface area contributed by atoms with Crippen molar-refractivity contribution in [1.29, 1.82) is 0 Å². The second kappa shape index (κ2) is 9.19. The van der Waals surface area contributed by atoms with E-state index >= 15 is 0 Å². The highest BCUT2D eigenvalue weighted by Crippen LogP contribution is 2.30. The Labute approximate surface area is 145 Å². The van der Waals surface area contributed by atoms with Crippen molar-refractivity contribution < 1.29 is 14.4 Å². The minimum absolute atomic E-state index is 0.0503. The molecule has 0 aliphatic carbocycles. The van der Waals surface area contributed by atoms with Crippen molar-refractivity contribution in [2.24, 2.45) is 5.41 Å². The fourth-order valence-corrected chi connectivity index (χ4v) is 3.05. The third-order valence-electron chi connectivity index (χ3n) is 4.77. The van der Waals surface area contributed by atoms with Gasteiger partial charge in [0.05, 0.1) is 5.41 Å². The molecule has 2 rings (SSSR count). The molecule has 0 spiro atoms. The van der Waals surface area contributed by atoms with E-state index in [1.165, 1.54) is 11.1 Å². The normalized spacial score (nSPS) is 20.4. The van der Waals surface area contributed by atoms with E-state index in [2.05, 4.69) is 43.6 Å². The third kappa shape index (κ3) is 5.60. The Morgan fingerprint density at radius 1 is 1.33 bits per heavy atom. The maximum atomic E-state index is 12.8. The minimum Gasteiger partial charge on any atom is -0.350 e. The molecule has 24 heavy (non-hydrogen) atoms. The average molecular weight is 333 g/mol. The van der Waals surface area contributed by atoms with Crippen LogP contribution in [0, 0.1) is 12.3 Å². The number of amides is 1. The van der Waals surface area contributed by atoms with Gasteiger partial charge in [-0.2, -0.15) is 0 Å². The zero-order chi connectivity index (χ0) is 17.4. The zero-order valence-corrected chi connectivity index (χ0v) is 15.3. The van der Waals surface area contributed by atoms with Gasteiger partial charge in [-0.25, -0.2) is 10.3 Å². The second-order valence-electron chi connectivity index (χ2n) is 7.17. The summed E-state index contributed by atoms with van der Waals surface area (Å²) in [5, 5.41) is 0. The third-order valence-corrected chi connectivity index (χ3v) is 4.77. The summed E-state index contributed by atoms with van der Waals surface area (Å²) in [5.74, 6) is -0.0503.